The minimum atomic E-state index is -2.12. The van der Waals surface area contributed by atoms with Crippen LogP contribution in [0.2, 0.25) is 0 Å². The van der Waals surface area contributed by atoms with Crippen LogP contribution in [-0.2, 0) is 60.1 Å². The molecule has 2 fully saturated rings. The van der Waals surface area contributed by atoms with Crippen molar-refractivity contribution in [1.29, 1.82) is 0 Å². The molecule has 4 aromatic carbocycles. The fourth-order valence-electron chi connectivity index (χ4n) is 12.9. The van der Waals surface area contributed by atoms with Crippen molar-refractivity contribution >= 4 is 0 Å². The first-order valence-corrected chi connectivity index (χ1v) is 32.5. The average Bonchev–Trinajstić information content (AvgIpc) is 0.781. The van der Waals surface area contributed by atoms with Gasteiger partial charge in [0.1, 0.15) is 28.2 Å². The van der Waals surface area contributed by atoms with Gasteiger partial charge in [0.25, 0.3) is 0 Å². The Kier molecular flexibility index (Phi) is 15.8. The highest BCUT2D eigenvalue weighted by Gasteiger charge is 2.29. The molecule has 0 unspecified atom stereocenters. The molecule has 8 aromatic rings. The number of nitrogens with zero attached hydrogens (tertiary/aromatic N) is 4. The smallest absolute Gasteiger partial charge is 0.201 e. The maximum Gasteiger partial charge on any atom is 0.212 e. The summed E-state index contributed by atoms with van der Waals surface area (Å²) in [5.41, 5.74) is 20.7. The second-order valence-electron chi connectivity index (χ2n) is 28.0. The summed E-state index contributed by atoms with van der Waals surface area (Å²) in [6, 6.07) is 30.1. The summed E-state index contributed by atoms with van der Waals surface area (Å²) >= 11 is 0. The molecule has 0 bridgehead atoms. The first-order chi connectivity index (χ1) is 49.0. The number of pyridine rings is 4. The molecular formula is C85H116N4+4. The van der Waals surface area contributed by atoms with Gasteiger partial charge in [0.15, 0.2) is 24.8 Å². The van der Waals surface area contributed by atoms with E-state index in [1.807, 2.05) is 184 Å². The molecule has 0 spiro atoms. The van der Waals surface area contributed by atoms with E-state index in [-0.39, 0.29) is 11.8 Å². The standard InChI is InChI=1S/C24H34N.C22H32N.C21H28N.C18H22N/c1-17-7-8-22(19(3)13-17)23-14-18(2)21(16-25(23)6)15-20-9-11-24(4,5)12-10-20;1-15(2)18-9-10-20(17(4)11-18)21-12-16(3)19(14-23(21)8)13-22(5,6)7;1-15-9-10-20(17(3)11-15)21-12-16(2)19(14-22(21)4)13-18-7-5-6-8-18;1-13-8-9-17(14(2)10-13)18-11-15-6-4-5-7-16(15)12-19(18)3/h7-8,13-14,16,20H,9-12,15H2,1-6H3;9-12,14-15H,13H2,1-8H3;9-12,14,18H,5-8,13H2,1-4H3;8-12H,4-7H2,1-3H3/q4*+1/i1D3,15D2;13D2,15D;1D3,13D2;1D3,7D2. The molecule has 11 rings (SSSR count). The van der Waals surface area contributed by atoms with E-state index >= 15 is 0 Å². The van der Waals surface area contributed by atoms with Crippen LogP contribution < -0.4 is 18.3 Å². The predicted molar refractivity (Wildman–Crippen MR) is 379 cm³/mol. The van der Waals surface area contributed by atoms with Crippen molar-refractivity contribution in [1.82, 2.24) is 0 Å². The average molecular weight is 1210 g/mol. The third-order valence-corrected chi connectivity index (χ3v) is 18.3. The SMILES string of the molecule is [2H]C(C)(C)c1ccc(-c2cc(C)c(C([2H])([2H])C(C)(C)C)c[n+]2C)c(C)c1.[2H]C([2H])([2H])c1ccc(-c2cc(C)c(C([2H])([2H])C3CCC(C)(C)CC3)c[n+]2C)c(C)c1.[2H]C([2H])([2H])c1ccc(-c2cc(C)c(C([2H])([2H])C3CCCC3)c[n+]2C)c(C)c1.[2H]C([2H])([2H])c1ccc(-c2cc3c(c[n+]2C)C([2H])([2H])CCC3)c(C)c1. The molecule has 4 nitrogen and oxygen atoms in total. The molecule has 4 aromatic heterocycles. The highest BCUT2D eigenvalue weighted by molar-refractivity contribution is 5.65. The van der Waals surface area contributed by atoms with Gasteiger partial charge in [-0.05, 0) is 242 Å². The van der Waals surface area contributed by atoms with Gasteiger partial charge in [-0.1, -0.05) is 139 Å². The Morgan fingerprint density at radius 1 is 0.483 bits per heavy atom. The summed E-state index contributed by atoms with van der Waals surface area (Å²) < 4.78 is 153. The second kappa shape index (κ2) is 29.6. The predicted octanol–water partition coefficient (Wildman–Crippen LogP) is 19.9. The van der Waals surface area contributed by atoms with Crippen LogP contribution in [0.1, 0.15) is 232 Å². The number of hydrogen-bond acceptors (Lipinski definition) is 0. The molecule has 0 atom stereocenters. The van der Waals surface area contributed by atoms with Gasteiger partial charge in [-0.3, -0.25) is 0 Å². The minimum Gasteiger partial charge on any atom is -0.201 e. The Labute approximate surface area is 567 Å². The molecule has 0 N–H and O–H groups in total. The van der Waals surface area contributed by atoms with E-state index in [9.17, 15) is 0 Å². The largest absolute Gasteiger partial charge is 0.212 e. The van der Waals surface area contributed by atoms with E-state index < -0.39 is 57.4 Å². The molecule has 0 aliphatic heterocycles. The molecule has 0 amide bonds. The van der Waals surface area contributed by atoms with Gasteiger partial charge >= 0.3 is 0 Å². The van der Waals surface area contributed by atoms with Crippen LogP contribution in [-0.4, -0.2) is 0 Å². The Morgan fingerprint density at radius 3 is 1.29 bits per heavy atom. The molecule has 4 heteroatoms. The van der Waals surface area contributed by atoms with Crippen molar-refractivity contribution in [3.63, 3.8) is 0 Å². The lowest BCUT2D eigenvalue weighted by Crippen LogP contribution is -2.32. The third kappa shape index (κ3) is 18.1. The summed E-state index contributed by atoms with van der Waals surface area (Å²) in [5.74, 6) is -0.494. The lowest BCUT2D eigenvalue weighted by molar-refractivity contribution is -0.661. The zero-order valence-corrected chi connectivity index (χ0v) is 57.3. The molecule has 472 valence electrons. The Balaban J connectivity index is 0.000000180. The second-order valence-corrected chi connectivity index (χ2v) is 28.0. The first kappa shape index (κ1) is 47.4. The quantitative estimate of drug-likeness (QED) is 0.121. The number of aromatic nitrogens is 4. The van der Waals surface area contributed by atoms with Gasteiger partial charge in [-0.2, -0.15) is 0 Å². The van der Waals surface area contributed by atoms with Crippen LogP contribution in [0.4, 0.5) is 0 Å². The van der Waals surface area contributed by atoms with Crippen LogP contribution in [0.25, 0.3) is 45.0 Å². The summed E-state index contributed by atoms with van der Waals surface area (Å²) in [6.07, 6.45) is 12.7. The van der Waals surface area contributed by atoms with E-state index in [1.165, 1.54) is 0 Å². The van der Waals surface area contributed by atoms with E-state index in [2.05, 4.69) is 45.0 Å². The summed E-state index contributed by atoms with van der Waals surface area (Å²) in [4.78, 5) is 0. The van der Waals surface area contributed by atoms with Crippen LogP contribution in [0.15, 0.2) is 122 Å². The van der Waals surface area contributed by atoms with Crippen molar-refractivity contribution in [2.45, 2.75) is 220 Å². The summed E-state index contributed by atoms with van der Waals surface area (Å²) in [5, 5.41) is 0. The highest BCUT2D eigenvalue weighted by Crippen LogP contribution is 2.40. The number of rotatable bonds is 10. The maximum absolute atomic E-state index is 8.93. The van der Waals surface area contributed by atoms with Gasteiger partial charge in [-0.25, -0.2) is 18.3 Å². The topological polar surface area (TPSA) is 15.5 Å². The number of hydrogen-bond donors (Lipinski definition) is 0. The molecule has 2 saturated carbocycles. The Bertz CT molecular complexity index is 4550. The normalized spacial score (nSPS) is 19.5. The van der Waals surface area contributed by atoms with Gasteiger partial charge < -0.3 is 0 Å². The van der Waals surface area contributed by atoms with E-state index in [0.29, 0.717) is 28.5 Å². The zero-order chi connectivity index (χ0) is 80.2. The third-order valence-electron chi connectivity index (χ3n) is 18.3. The Hall–Kier alpha value is -6.52. The number of aryl methyl sites for hydroxylation is 16. The van der Waals surface area contributed by atoms with Gasteiger partial charge in [0.05, 0.1) is 0 Å². The molecular weight excluding hydrogens is 1080 g/mol. The van der Waals surface area contributed by atoms with Gasteiger partial charge in [-0.15, -0.1) is 0 Å². The van der Waals surface area contributed by atoms with Crippen molar-refractivity contribution in [2.24, 2.45) is 50.9 Å². The number of benzene rings is 4. The zero-order valence-electron chi connectivity index (χ0n) is 75.3. The molecule has 0 saturated heterocycles. The first-order valence-electron chi connectivity index (χ1n) is 41.5. The van der Waals surface area contributed by atoms with Crippen molar-refractivity contribution in [3.05, 3.63) is 211 Å². The molecule has 0 radical (unpaired) electrons. The van der Waals surface area contributed by atoms with Crippen LogP contribution >= 0.6 is 0 Å². The fourth-order valence-corrected chi connectivity index (χ4v) is 12.9. The fraction of sp³-hybridized carbons (Fsp3) is 0.482. The highest BCUT2D eigenvalue weighted by atomic mass is 14.9. The lowest BCUT2D eigenvalue weighted by Gasteiger charge is -2.34. The molecule has 3 aliphatic carbocycles. The Morgan fingerprint density at radius 2 is 0.876 bits per heavy atom. The molecule has 89 heavy (non-hydrogen) atoms. The van der Waals surface area contributed by atoms with E-state index in [4.69, 9.17) is 24.7 Å². The van der Waals surface area contributed by atoms with Crippen molar-refractivity contribution in [3.8, 4) is 45.0 Å². The van der Waals surface area contributed by atoms with Crippen LogP contribution in [0.3, 0.4) is 0 Å². The molecule has 3 aliphatic rings. The van der Waals surface area contributed by atoms with Crippen molar-refractivity contribution in [2.75, 3.05) is 0 Å². The van der Waals surface area contributed by atoms with E-state index in [0.717, 1.165) is 182 Å². The van der Waals surface area contributed by atoms with E-state index in [1.54, 1.807) is 36.4 Å². The van der Waals surface area contributed by atoms with Crippen LogP contribution in [0, 0.1) is 91.7 Å². The van der Waals surface area contributed by atoms with Gasteiger partial charge in [0.2, 0.25) is 22.8 Å². The molecule has 4 heterocycles. The summed E-state index contributed by atoms with van der Waals surface area (Å²) in [7, 11) is 7.76. The van der Waals surface area contributed by atoms with Gasteiger partial charge in [0, 0.05) is 93.4 Å². The lowest BCUT2D eigenvalue weighted by atomic mass is 9.71. The maximum atomic E-state index is 8.93. The van der Waals surface area contributed by atoms with Crippen LogP contribution in [0.5, 0.6) is 0 Å². The summed E-state index contributed by atoms with van der Waals surface area (Å²) in [6.45, 7) is 21.6. The number of fused-ring (bicyclic) bond motifs is 1. The monoisotopic (exact) mass is 1210 g/mol. The van der Waals surface area contributed by atoms with Crippen molar-refractivity contribution < 1.29 is 42.9 Å². The minimum absolute atomic E-state index is 0.0374.